The molecule has 1 atom stereocenters. The summed E-state index contributed by atoms with van der Waals surface area (Å²) in [5, 5.41) is 12.2. The molecule has 1 aromatic rings. The van der Waals surface area contributed by atoms with Crippen molar-refractivity contribution in [2.24, 2.45) is 5.92 Å². The highest BCUT2D eigenvalue weighted by molar-refractivity contribution is 5.89. The standard InChI is InChI=1S/C18H28N2O2/c1-2-3-4-6-15-8-10-17(11-9-15)19-18(22)20-12-5-7-16(13-20)14-21/h8-11,16,21H,2-7,12-14H2,1H3,(H,19,22). The molecule has 4 heteroatoms. The molecule has 1 unspecified atom stereocenters. The van der Waals surface area contributed by atoms with E-state index in [2.05, 4.69) is 24.4 Å². The second-order valence-corrected chi connectivity index (χ2v) is 6.22. The fraction of sp³-hybridized carbons (Fsp3) is 0.611. The Hall–Kier alpha value is -1.55. The molecule has 4 nitrogen and oxygen atoms in total. The number of hydrogen-bond donors (Lipinski definition) is 2. The molecule has 122 valence electrons. The van der Waals surface area contributed by atoms with Crippen LogP contribution in [0.15, 0.2) is 24.3 Å². The van der Waals surface area contributed by atoms with Crippen molar-refractivity contribution in [3.63, 3.8) is 0 Å². The van der Waals surface area contributed by atoms with Crippen LogP contribution in [0.5, 0.6) is 0 Å². The Labute approximate surface area is 133 Å². The maximum Gasteiger partial charge on any atom is 0.321 e. The predicted molar refractivity (Wildman–Crippen MR) is 90.1 cm³/mol. The molecule has 2 amide bonds. The second kappa shape index (κ2) is 8.79. The van der Waals surface area contributed by atoms with E-state index < -0.39 is 0 Å². The molecule has 1 saturated heterocycles. The fourth-order valence-electron chi connectivity index (χ4n) is 2.93. The van der Waals surface area contributed by atoms with Gasteiger partial charge in [0.1, 0.15) is 0 Å². The third-order valence-electron chi connectivity index (χ3n) is 4.34. The Balaban J connectivity index is 1.83. The van der Waals surface area contributed by atoms with E-state index in [0.29, 0.717) is 6.54 Å². The van der Waals surface area contributed by atoms with Crippen LogP contribution in [0.25, 0.3) is 0 Å². The zero-order valence-corrected chi connectivity index (χ0v) is 13.6. The van der Waals surface area contributed by atoms with Crippen molar-refractivity contribution in [2.45, 2.75) is 45.4 Å². The lowest BCUT2D eigenvalue weighted by molar-refractivity contribution is 0.136. The van der Waals surface area contributed by atoms with Crippen molar-refractivity contribution in [1.82, 2.24) is 4.90 Å². The van der Waals surface area contributed by atoms with Crippen LogP contribution < -0.4 is 5.32 Å². The number of aliphatic hydroxyl groups excluding tert-OH is 1. The molecule has 1 aliphatic heterocycles. The van der Waals surface area contributed by atoms with E-state index in [4.69, 9.17) is 0 Å². The van der Waals surface area contributed by atoms with Gasteiger partial charge in [-0.25, -0.2) is 4.79 Å². The molecule has 22 heavy (non-hydrogen) atoms. The molecule has 1 fully saturated rings. The largest absolute Gasteiger partial charge is 0.396 e. The molecule has 0 saturated carbocycles. The molecular weight excluding hydrogens is 276 g/mol. The number of unbranched alkanes of at least 4 members (excludes halogenated alkanes) is 2. The van der Waals surface area contributed by atoms with E-state index in [1.54, 1.807) is 4.90 Å². The fourth-order valence-corrected chi connectivity index (χ4v) is 2.93. The maximum atomic E-state index is 12.3. The van der Waals surface area contributed by atoms with E-state index in [0.717, 1.165) is 31.5 Å². The number of urea groups is 1. The van der Waals surface area contributed by atoms with Gasteiger partial charge in [-0.2, -0.15) is 0 Å². The third kappa shape index (κ3) is 5.02. The summed E-state index contributed by atoms with van der Waals surface area (Å²) < 4.78 is 0. The predicted octanol–water partition coefficient (Wildman–Crippen LogP) is 3.66. The first-order valence-electron chi connectivity index (χ1n) is 8.48. The third-order valence-corrected chi connectivity index (χ3v) is 4.34. The zero-order valence-electron chi connectivity index (χ0n) is 13.6. The van der Waals surface area contributed by atoms with Crippen molar-refractivity contribution in [1.29, 1.82) is 0 Å². The van der Waals surface area contributed by atoms with E-state index in [9.17, 15) is 9.90 Å². The summed E-state index contributed by atoms with van der Waals surface area (Å²) in [5.74, 6) is 0.223. The Bertz CT molecular complexity index is 459. The normalized spacial score (nSPS) is 18.3. The average molecular weight is 304 g/mol. The van der Waals surface area contributed by atoms with Crippen LogP contribution >= 0.6 is 0 Å². The number of carbonyl (C=O) groups is 1. The summed E-state index contributed by atoms with van der Waals surface area (Å²) in [7, 11) is 0. The van der Waals surface area contributed by atoms with E-state index in [1.807, 2.05) is 12.1 Å². The molecule has 1 heterocycles. The lowest BCUT2D eigenvalue weighted by atomic mass is 9.99. The van der Waals surface area contributed by atoms with Crippen molar-refractivity contribution in [2.75, 3.05) is 25.0 Å². The molecule has 1 aromatic carbocycles. The molecule has 0 radical (unpaired) electrons. The molecule has 0 aromatic heterocycles. The smallest absolute Gasteiger partial charge is 0.321 e. The minimum Gasteiger partial charge on any atom is -0.396 e. The van der Waals surface area contributed by atoms with Gasteiger partial charge < -0.3 is 15.3 Å². The lowest BCUT2D eigenvalue weighted by Crippen LogP contribution is -2.43. The average Bonchev–Trinajstić information content (AvgIpc) is 2.56. The SMILES string of the molecule is CCCCCc1ccc(NC(=O)N2CCCC(CO)C2)cc1. The Morgan fingerprint density at radius 3 is 2.77 bits per heavy atom. The van der Waals surface area contributed by atoms with Gasteiger partial charge in [0.2, 0.25) is 0 Å². The van der Waals surface area contributed by atoms with Crippen LogP contribution in [0.3, 0.4) is 0 Å². The summed E-state index contributed by atoms with van der Waals surface area (Å²) in [4.78, 5) is 14.1. The molecule has 0 spiro atoms. The highest BCUT2D eigenvalue weighted by Crippen LogP contribution is 2.18. The summed E-state index contributed by atoms with van der Waals surface area (Å²) >= 11 is 0. The first kappa shape index (κ1) is 16.8. The molecule has 2 N–H and O–H groups in total. The number of aliphatic hydroxyl groups is 1. The van der Waals surface area contributed by atoms with Gasteiger partial charge in [-0.1, -0.05) is 31.9 Å². The Morgan fingerprint density at radius 1 is 1.32 bits per heavy atom. The van der Waals surface area contributed by atoms with Gasteiger partial charge in [-0.05, 0) is 49.3 Å². The number of hydrogen-bond acceptors (Lipinski definition) is 2. The number of anilines is 1. The van der Waals surface area contributed by atoms with E-state index in [-0.39, 0.29) is 18.6 Å². The number of aryl methyl sites for hydroxylation is 1. The van der Waals surface area contributed by atoms with Crippen LogP contribution in [0.4, 0.5) is 10.5 Å². The van der Waals surface area contributed by atoms with Crippen LogP contribution in [0.1, 0.15) is 44.6 Å². The number of piperidine rings is 1. The van der Waals surface area contributed by atoms with E-state index >= 15 is 0 Å². The van der Waals surface area contributed by atoms with Gasteiger partial charge in [0, 0.05) is 25.4 Å². The Morgan fingerprint density at radius 2 is 2.09 bits per heavy atom. The number of rotatable bonds is 6. The van der Waals surface area contributed by atoms with Crippen LogP contribution in [-0.4, -0.2) is 35.7 Å². The number of nitrogens with zero attached hydrogens (tertiary/aromatic N) is 1. The van der Waals surface area contributed by atoms with E-state index in [1.165, 1.54) is 24.8 Å². The highest BCUT2D eigenvalue weighted by atomic mass is 16.3. The van der Waals surface area contributed by atoms with Crippen LogP contribution in [0, 0.1) is 5.92 Å². The Kier molecular flexibility index (Phi) is 6.72. The number of likely N-dealkylation sites (tertiary alicyclic amines) is 1. The first-order chi connectivity index (χ1) is 10.7. The molecule has 0 bridgehead atoms. The van der Waals surface area contributed by atoms with Crippen molar-refractivity contribution < 1.29 is 9.90 Å². The molecule has 0 aliphatic carbocycles. The quantitative estimate of drug-likeness (QED) is 0.788. The van der Waals surface area contributed by atoms with Crippen LogP contribution in [0.2, 0.25) is 0 Å². The minimum atomic E-state index is -0.0584. The second-order valence-electron chi connectivity index (χ2n) is 6.22. The summed E-state index contributed by atoms with van der Waals surface area (Å²) in [6.45, 7) is 3.80. The minimum absolute atomic E-state index is 0.0584. The highest BCUT2D eigenvalue weighted by Gasteiger charge is 2.22. The van der Waals surface area contributed by atoms with Gasteiger partial charge in [0.25, 0.3) is 0 Å². The van der Waals surface area contributed by atoms with Crippen molar-refractivity contribution >= 4 is 11.7 Å². The number of nitrogens with one attached hydrogen (secondary N) is 1. The molecule has 1 aliphatic rings. The van der Waals surface area contributed by atoms with Crippen molar-refractivity contribution in [3.8, 4) is 0 Å². The number of benzene rings is 1. The van der Waals surface area contributed by atoms with Gasteiger partial charge in [0.15, 0.2) is 0 Å². The molecule has 2 rings (SSSR count). The first-order valence-corrected chi connectivity index (χ1v) is 8.48. The number of amides is 2. The maximum absolute atomic E-state index is 12.3. The zero-order chi connectivity index (χ0) is 15.8. The van der Waals surface area contributed by atoms with Gasteiger partial charge >= 0.3 is 6.03 Å². The van der Waals surface area contributed by atoms with Gasteiger partial charge in [-0.15, -0.1) is 0 Å². The molecular formula is C18H28N2O2. The topological polar surface area (TPSA) is 52.6 Å². The van der Waals surface area contributed by atoms with Crippen LogP contribution in [-0.2, 0) is 6.42 Å². The summed E-state index contributed by atoms with van der Waals surface area (Å²) in [5.41, 5.74) is 2.17. The summed E-state index contributed by atoms with van der Waals surface area (Å²) in [6.07, 6.45) is 6.80. The van der Waals surface area contributed by atoms with Crippen molar-refractivity contribution in [3.05, 3.63) is 29.8 Å². The lowest BCUT2D eigenvalue weighted by Gasteiger charge is -2.31. The van der Waals surface area contributed by atoms with Gasteiger partial charge in [-0.3, -0.25) is 0 Å². The number of carbonyl (C=O) groups excluding carboxylic acids is 1. The van der Waals surface area contributed by atoms with Gasteiger partial charge in [0.05, 0.1) is 0 Å². The monoisotopic (exact) mass is 304 g/mol. The summed E-state index contributed by atoms with van der Waals surface area (Å²) in [6, 6.07) is 8.09.